The van der Waals surface area contributed by atoms with Gasteiger partial charge in [-0.25, -0.2) is 14.8 Å². The van der Waals surface area contributed by atoms with Gasteiger partial charge in [-0.15, -0.1) is 22.7 Å². The lowest BCUT2D eigenvalue weighted by Crippen LogP contribution is -2.23. The third-order valence-electron chi connectivity index (χ3n) is 3.13. The van der Waals surface area contributed by atoms with E-state index in [0.717, 1.165) is 24.5 Å². The molecule has 3 heterocycles. The number of aromatic carboxylic acids is 1. The SMILES string of the molecule is O=C(O)c1csc(CNC(=O)c2csc([C@H]3CCCO3)n2)n1. The van der Waals surface area contributed by atoms with E-state index < -0.39 is 5.97 Å². The van der Waals surface area contributed by atoms with Crippen molar-refractivity contribution < 1.29 is 19.4 Å². The number of nitrogens with zero attached hydrogens (tertiary/aromatic N) is 2. The molecule has 0 aromatic carbocycles. The van der Waals surface area contributed by atoms with Crippen LogP contribution in [0.5, 0.6) is 0 Å². The quantitative estimate of drug-likeness (QED) is 0.865. The molecule has 2 N–H and O–H groups in total. The summed E-state index contributed by atoms with van der Waals surface area (Å²) in [5, 5.41) is 16.0. The van der Waals surface area contributed by atoms with Gasteiger partial charge in [0, 0.05) is 17.4 Å². The Morgan fingerprint density at radius 1 is 1.32 bits per heavy atom. The fourth-order valence-electron chi connectivity index (χ4n) is 2.05. The molecule has 116 valence electrons. The molecule has 9 heteroatoms. The van der Waals surface area contributed by atoms with Gasteiger partial charge in [-0.05, 0) is 12.8 Å². The minimum absolute atomic E-state index is 0.00337. The zero-order valence-electron chi connectivity index (χ0n) is 11.4. The molecule has 2 aromatic rings. The van der Waals surface area contributed by atoms with Gasteiger partial charge in [0.15, 0.2) is 5.69 Å². The molecule has 1 fully saturated rings. The molecule has 22 heavy (non-hydrogen) atoms. The van der Waals surface area contributed by atoms with Crippen LogP contribution < -0.4 is 5.32 Å². The first-order valence-corrected chi connectivity index (χ1v) is 8.42. The van der Waals surface area contributed by atoms with Gasteiger partial charge < -0.3 is 15.2 Å². The number of carboxylic acids is 1. The molecular weight excluding hydrogens is 326 g/mol. The smallest absolute Gasteiger partial charge is 0.355 e. The predicted octanol–water partition coefficient (Wildman–Crippen LogP) is 2.08. The lowest BCUT2D eigenvalue weighted by molar-refractivity contribution is 0.0691. The number of carbonyl (C=O) groups is 2. The van der Waals surface area contributed by atoms with Gasteiger partial charge in [-0.1, -0.05) is 0 Å². The fourth-order valence-corrected chi connectivity index (χ4v) is 3.64. The van der Waals surface area contributed by atoms with Crippen LogP contribution in [0.25, 0.3) is 0 Å². The molecule has 0 radical (unpaired) electrons. The normalized spacial score (nSPS) is 17.5. The van der Waals surface area contributed by atoms with Crippen LogP contribution in [0.1, 0.15) is 49.9 Å². The minimum Gasteiger partial charge on any atom is -0.476 e. The van der Waals surface area contributed by atoms with Crippen LogP contribution >= 0.6 is 22.7 Å². The molecule has 0 spiro atoms. The highest BCUT2D eigenvalue weighted by molar-refractivity contribution is 7.10. The van der Waals surface area contributed by atoms with E-state index in [4.69, 9.17) is 9.84 Å². The largest absolute Gasteiger partial charge is 0.476 e. The Morgan fingerprint density at radius 2 is 2.14 bits per heavy atom. The number of aromatic nitrogens is 2. The first-order valence-electron chi connectivity index (χ1n) is 6.66. The molecule has 1 aliphatic rings. The van der Waals surface area contributed by atoms with Gasteiger partial charge in [0.1, 0.15) is 21.8 Å². The Hall–Kier alpha value is -1.84. The third-order valence-corrected chi connectivity index (χ3v) is 4.92. The number of hydrogen-bond acceptors (Lipinski definition) is 7. The average molecular weight is 339 g/mol. The lowest BCUT2D eigenvalue weighted by Gasteiger charge is -2.03. The molecule has 7 nitrogen and oxygen atoms in total. The summed E-state index contributed by atoms with van der Waals surface area (Å²) >= 11 is 2.61. The molecule has 1 saturated heterocycles. The number of ether oxygens (including phenoxy) is 1. The van der Waals surface area contributed by atoms with Crippen LogP contribution in [0.2, 0.25) is 0 Å². The van der Waals surface area contributed by atoms with Crippen molar-refractivity contribution in [2.24, 2.45) is 0 Å². The number of nitrogens with one attached hydrogen (secondary N) is 1. The number of rotatable bonds is 5. The second kappa shape index (κ2) is 6.51. The summed E-state index contributed by atoms with van der Waals surface area (Å²) in [7, 11) is 0. The summed E-state index contributed by atoms with van der Waals surface area (Å²) in [5.41, 5.74) is 0.342. The van der Waals surface area contributed by atoms with Crippen LogP contribution in [-0.2, 0) is 11.3 Å². The Morgan fingerprint density at radius 3 is 2.82 bits per heavy atom. The summed E-state index contributed by atoms with van der Waals surface area (Å²) in [5.74, 6) is -1.37. The molecule has 0 unspecified atom stereocenters. The maximum absolute atomic E-state index is 12.0. The molecule has 2 aromatic heterocycles. The van der Waals surface area contributed by atoms with Crippen molar-refractivity contribution in [1.29, 1.82) is 0 Å². The van der Waals surface area contributed by atoms with Gasteiger partial charge in [0.25, 0.3) is 5.91 Å². The number of amides is 1. The van der Waals surface area contributed by atoms with Gasteiger partial charge in [0.05, 0.1) is 6.54 Å². The van der Waals surface area contributed by atoms with Crippen LogP contribution in [0.3, 0.4) is 0 Å². The average Bonchev–Trinajstić information content (AvgIpc) is 3.23. The number of hydrogen-bond donors (Lipinski definition) is 2. The van der Waals surface area contributed by atoms with E-state index in [1.54, 1.807) is 5.38 Å². The summed E-state index contributed by atoms with van der Waals surface area (Å²) in [6.07, 6.45) is 1.96. The summed E-state index contributed by atoms with van der Waals surface area (Å²) < 4.78 is 5.54. The number of carbonyl (C=O) groups excluding carboxylic acids is 1. The van der Waals surface area contributed by atoms with Crippen LogP contribution in [-0.4, -0.2) is 33.6 Å². The van der Waals surface area contributed by atoms with Crippen molar-refractivity contribution in [1.82, 2.24) is 15.3 Å². The molecule has 0 bridgehead atoms. The van der Waals surface area contributed by atoms with E-state index in [0.29, 0.717) is 10.7 Å². The first-order chi connectivity index (χ1) is 10.6. The van der Waals surface area contributed by atoms with E-state index in [9.17, 15) is 9.59 Å². The second-order valence-corrected chi connectivity index (χ2v) is 6.52. The van der Waals surface area contributed by atoms with Crippen molar-refractivity contribution >= 4 is 34.6 Å². The second-order valence-electron chi connectivity index (χ2n) is 4.69. The zero-order valence-corrected chi connectivity index (χ0v) is 13.1. The fraction of sp³-hybridized carbons (Fsp3) is 0.385. The number of thiazole rings is 2. The first kappa shape index (κ1) is 15.1. The highest BCUT2D eigenvalue weighted by Crippen LogP contribution is 2.30. The Kier molecular flexibility index (Phi) is 4.46. The van der Waals surface area contributed by atoms with E-state index in [1.807, 2.05) is 0 Å². The monoisotopic (exact) mass is 339 g/mol. The zero-order chi connectivity index (χ0) is 15.5. The van der Waals surface area contributed by atoms with Crippen molar-refractivity contribution in [3.63, 3.8) is 0 Å². The van der Waals surface area contributed by atoms with Crippen molar-refractivity contribution in [2.45, 2.75) is 25.5 Å². The molecule has 3 rings (SSSR count). The van der Waals surface area contributed by atoms with Crippen LogP contribution in [0.4, 0.5) is 0 Å². The minimum atomic E-state index is -1.07. The van der Waals surface area contributed by atoms with E-state index in [-0.39, 0.29) is 24.2 Å². The molecular formula is C13H13N3O4S2. The van der Waals surface area contributed by atoms with Crippen molar-refractivity contribution in [2.75, 3.05) is 6.61 Å². The third kappa shape index (κ3) is 3.32. The van der Waals surface area contributed by atoms with Crippen molar-refractivity contribution in [3.8, 4) is 0 Å². The molecule has 0 saturated carbocycles. The Bertz CT molecular complexity index is 691. The Labute approximate surface area is 134 Å². The lowest BCUT2D eigenvalue weighted by atomic mass is 10.2. The summed E-state index contributed by atoms with van der Waals surface area (Å²) in [6.45, 7) is 0.922. The maximum atomic E-state index is 12.0. The predicted molar refractivity (Wildman–Crippen MR) is 80.3 cm³/mol. The number of carboxylic acid groups (broad SMARTS) is 1. The standard InChI is InChI=1S/C13H13N3O4S2/c17-11(14-4-10-15-8(6-21-10)13(18)19)7-5-22-12(16-7)9-2-1-3-20-9/h5-6,9H,1-4H2,(H,14,17)(H,18,19)/t9-/m1/s1. The highest BCUT2D eigenvalue weighted by Gasteiger charge is 2.22. The van der Waals surface area contributed by atoms with Crippen LogP contribution in [0.15, 0.2) is 10.8 Å². The summed E-state index contributed by atoms with van der Waals surface area (Å²) in [6, 6.07) is 0. The maximum Gasteiger partial charge on any atom is 0.355 e. The topological polar surface area (TPSA) is 101 Å². The van der Waals surface area contributed by atoms with Crippen LogP contribution in [0, 0.1) is 0 Å². The van der Waals surface area contributed by atoms with Gasteiger partial charge in [-0.3, -0.25) is 4.79 Å². The molecule has 1 aliphatic heterocycles. The molecule has 1 amide bonds. The molecule has 1 atom stereocenters. The van der Waals surface area contributed by atoms with Gasteiger partial charge in [0.2, 0.25) is 0 Å². The highest BCUT2D eigenvalue weighted by atomic mass is 32.1. The van der Waals surface area contributed by atoms with E-state index in [1.165, 1.54) is 28.1 Å². The van der Waals surface area contributed by atoms with Gasteiger partial charge >= 0.3 is 5.97 Å². The van der Waals surface area contributed by atoms with E-state index >= 15 is 0 Å². The Balaban J connectivity index is 1.58. The van der Waals surface area contributed by atoms with E-state index in [2.05, 4.69) is 15.3 Å². The molecule has 0 aliphatic carbocycles. The van der Waals surface area contributed by atoms with Gasteiger partial charge in [-0.2, -0.15) is 0 Å². The van der Waals surface area contributed by atoms with Crippen molar-refractivity contribution in [3.05, 3.63) is 32.2 Å². The summed E-state index contributed by atoms with van der Waals surface area (Å²) in [4.78, 5) is 31.0.